The molecule has 3 heteroatoms. The number of rotatable bonds is 2. The molecular formula is C7H15NO2. The van der Waals surface area contributed by atoms with Gasteiger partial charge in [-0.1, -0.05) is 0 Å². The summed E-state index contributed by atoms with van der Waals surface area (Å²) in [6, 6.07) is 0. The van der Waals surface area contributed by atoms with Crippen molar-refractivity contribution in [3.8, 4) is 0 Å². The molecule has 1 aliphatic heterocycles. The summed E-state index contributed by atoms with van der Waals surface area (Å²) in [5, 5.41) is 12.1. The molecule has 1 rings (SSSR count). The maximum Gasteiger partial charge on any atom is 0.0670 e. The number of hydrogen-bond acceptors (Lipinski definition) is 3. The van der Waals surface area contributed by atoms with E-state index in [1.807, 2.05) is 7.05 Å². The predicted molar refractivity (Wildman–Crippen MR) is 38.9 cm³/mol. The zero-order valence-electron chi connectivity index (χ0n) is 6.39. The Morgan fingerprint density at radius 2 is 2.50 bits per heavy atom. The van der Waals surface area contributed by atoms with E-state index in [9.17, 15) is 0 Å². The summed E-state index contributed by atoms with van der Waals surface area (Å²) >= 11 is 0. The largest absolute Gasteiger partial charge is 0.394 e. The molecule has 60 valence electrons. The van der Waals surface area contributed by atoms with E-state index < -0.39 is 0 Å². The van der Waals surface area contributed by atoms with Crippen LogP contribution in [-0.2, 0) is 4.74 Å². The fourth-order valence-electron chi connectivity index (χ4n) is 1.25. The minimum atomic E-state index is -0.155. The van der Waals surface area contributed by atoms with Gasteiger partial charge in [-0.15, -0.1) is 0 Å². The van der Waals surface area contributed by atoms with Crippen LogP contribution in [0.2, 0.25) is 0 Å². The van der Waals surface area contributed by atoms with Crippen LogP contribution in [0.4, 0.5) is 0 Å². The first-order chi connectivity index (χ1) is 4.83. The summed E-state index contributed by atoms with van der Waals surface area (Å²) in [6.07, 6.45) is 2.06. The van der Waals surface area contributed by atoms with Crippen molar-refractivity contribution in [1.29, 1.82) is 0 Å². The van der Waals surface area contributed by atoms with E-state index in [0.29, 0.717) is 6.61 Å². The molecule has 0 bridgehead atoms. The Kier molecular flexibility index (Phi) is 2.65. The lowest BCUT2D eigenvalue weighted by atomic mass is 9.94. The average molecular weight is 145 g/mol. The first-order valence-electron chi connectivity index (χ1n) is 3.70. The van der Waals surface area contributed by atoms with E-state index in [1.165, 1.54) is 0 Å². The van der Waals surface area contributed by atoms with E-state index in [4.69, 9.17) is 9.84 Å². The molecule has 0 unspecified atom stereocenters. The maximum absolute atomic E-state index is 9.00. The number of likely N-dealkylation sites (N-methyl/N-ethyl adjacent to an activating group) is 1. The molecule has 1 saturated heterocycles. The van der Waals surface area contributed by atoms with Crippen molar-refractivity contribution in [2.45, 2.75) is 18.4 Å². The summed E-state index contributed by atoms with van der Waals surface area (Å²) in [6.45, 7) is 1.65. The monoisotopic (exact) mass is 145 g/mol. The fraction of sp³-hybridized carbons (Fsp3) is 1.00. The highest BCUT2D eigenvalue weighted by atomic mass is 16.5. The normalized spacial score (nSPS) is 34.2. The Morgan fingerprint density at radius 3 is 2.80 bits per heavy atom. The highest BCUT2D eigenvalue weighted by Gasteiger charge is 2.29. The molecule has 1 aliphatic rings. The molecule has 1 atom stereocenters. The third-order valence-corrected chi connectivity index (χ3v) is 2.16. The Balaban J connectivity index is 2.44. The topological polar surface area (TPSA) is 41.5 Å². The third kappa shape index (κ3) is 1.48. The van der Waals surface area contributed by atoms with Gasteiger partial charge in [0.1, 0.15) is 0 Å². The van der Waals surface area contributed by atoms with Gasteiger partial charge in [0.15, 0.2) is 0 Å². The lowest BCUT2D eigenvalue weighted by Gasteiger charge is -2.34. The molecule has 0 aromatic rings. The minimum absolute atomic E-state index is 0.155. The van der Waals surface area contributed by atoms with E-state index in [2.05, 4.69) is 5.32 Å². The Bertz CT molecular complexity index is 93.8. The highest BCUT2D eigenvalue weighted by molar-refractivity contribution is 4.87. The number of ether oxygens (including phenoxy) is 1. The van der Waals surface area contributed by atoms with Crippen molar-refractivity contribution in [3.05, 3.63) is 0 Å². The average Bonchev–Trinajstić information content (AvgIpc) is 2.06. The first-order valence-corrected chi connectivity index (χ1v) is 3.70. The first kappa shape index (κ1) is 7.98. The second kappa shape index (κ2) is 3.32. The van der Waals surface area contributed by atoms with Crippen molar-refractivity contribution < 1.29 is 9.84 Å². The molecule has 0 aliphatic carbocycles. The molecule has 10 heavy (non-hydrogen) atoms. The van der Waals surface area contributed by atoms with Crippen LogP contribution in [0.25, 0.3) is 0 Å². The minimum Gasteiger partial charge on any atom is -0.394 e. The SMILES string of the molecule is CN[C@]1(CO)CCCOC1. The number of aliphatic hydroxyl groups is 1. The van der Waals surface area contributed by atoms with Gasteiger partial charge in [0.05, 0.1) is 18.8 Å². The summed E-state index contributed by atoms with van der Waals surface area (Å²) in [7, 11) is 1.87. The second-order valence-corrected chi connectivity index (χ2v) is 2.84. The van der Waals surface area contributed by atoms with Crippen LogP contribution >= 0.6 is 0 Å². The van der Waals surface area contributed by atoms with Crippen molar-refractivity contribution in [3.63, 3.8) is 0 Å². The van der Waals surface area contributed by atoms with E-state index >= 15 is 0 Å². The van der Waals surface area contributed by atoms with E-state index in [-0.39, 0.29) is 12.1 Å². The van der Waals surface area contributed by atoms with Crippen LogP contribution in [0.1, 0.15) is 12.8 Å². The molecule has 3 nitrogen and oxygen atoms in total. The Labute approximate surface area is 61.4 Å². The summed E-state index contributed by atoms with van der Waals surface area (Å²) < 4.78 is 5.24. The molecule has 0 aromatic heterocycles. The molecule has 0 amide bonds. The van der Waals surface area contributed by atoms with Crippen molar-refractivity contribution in [2.24, 2.45) is 0 Å². The summed E-state index contributed by atoms with van der Waals surface area (Å²) in [5.41, 5.74) is -0.155. The Hall–Kier alpha value is -0.120. The summed E-state index contributed by atoms with van der Waals surface area (Å²) in [5.74, 6) is 0. The number of hydrogen-bond donors (Lipinski definition) is 2. The van der Waals surface area contributed by atoms with Gasteiger partial charge in [0.25, 0.3) is 0 Å². The van der Waals surface area contributed by atoms with Crippen molar-refractivity contribution in [2.75, 3.05) is 26.9 Å². The number of nitrogens with one attached hydrogen (secondary N) is 1. The molecule has 0 aromatic carbocycles. The zero-order valence-corrected chi connectivity index (χ0v) is 6.39. The van der Waals surface area contributed by atoms with Crippen LogP contribution < -0.4 is 5.32 Å². The molecule has 0 radical (unpaired) electrons. The highest BCUT2D eigenvalue weighted by Crippen LogP contribution is 2.17. The maximum atomic E-state index is 9.00. The van der Waals surface area contributed by atoms with Crippen LogP contribution in [-0.4, -0.2) is 37.5 Å². The molecule has 2 N–H and O–H groups in total. The van der Waals surface area contributed by atoms with Gasteiger partial charge in [-0.3, -0.25) is 0 Å². The van der Waals surface area contributed by atoms with Crippen LogP contribution in [0, 0.1) is 0 Å². The van der Waals surface area contributed by atoms with Crippen molar-refractivity contribution >= 4 is 0 Å². The van der Waals surface area contributed by atoms with Gasteiger partial charge in [0.2, 0.25) is 0 Å². The molecular weight excluding hydrogens is 130 g/mol. The van der Waals surface area contributed by atoms with Gasteiger partial charge < -0.3 is 15.2 Å². The standard InChI is InChI=1S/C7H15NO2/c1-8-7(5-9)3-2-4-10-6-7/h8-9H,2-6H2,1H3/t7-/m0/s1. The van der Waals surface area contributed by atoms with Gasteiger partial charge in [-0.05, 0) is 19.9 Å². The predicted octanol–water partition coefficient (Wildman–Crippen LogP) is -0.253. The van der Waals surface area contributed by atoms with Gasteiger partial charge in [0, 0.05) is 6.61 Å². The molecule has 0 saturated carbocycles. The zero-order chi connectivity index (χ0) is 7.45. The molecule has 1 fully saturated rings. The second-order valence-electron chi connectivity index (χ2n) is 2.84. The lowest BCUT2D eigenvalue weighted by molar-refractivity contribution is -0.00351. The molecule has 0 spiro atoms. The third-order valence-electron chi connectivity index (χ3n) is 2.16. The van der Waals surface area contributed by atoms with E-state index in [1.54, 1.807) is 0 Å². The van der Waals surface area contributed by atoms with Crippen LogP contribution in [0.5, 0.6) is 0 Å². The summed E-state index contributed by atoms with van der Waals surface area (Å²) in [4.78, 5) is 0. The smallest absolute Gasteiger partial charge is 0.0670 e. The quantitative estimate of drug-likeness (QED) is 0.563. The van der Waals surface area contributed by atoms with Crippen LogP contribution in [0.3, 0.4) is 0 Å². The van der Waals surface area contributed by atoms with E-state index in [0.717, 1.165) is 19.4 Å². The van der Waals surface area contributed by atoms with Crippen LogP contribution in [0.15, 0.2) is 0 Å². The fourth-order valence-corrected chi connectivity index (χ4v) is 1.25. The Morgan fingerprint density at radius 1 is 1.70 bits per heavy atom. The molecule has 1 heterocycles. The van der Waals surface area contributed by atoms with Crippen molar-refractivity contribution in [1.82, 2.24) is 5.32 Å². The van der Waals surface area contributed by atoms with Gasteiger partial charge >= 0.3 is 0 Å². The van der Waals surface area contributed by atoms with Gasteiger partial charge in [-0.25, -0.2) is 0 Å². The lowest BCUT2D eigenvalue weighted by Crippen LogP contribution is -2.52. The van der Waals surface area contributed by atoms with Gasteiger partial charge in [-0.2, -0.15) is 0 Å². The number of aliphatic hydroxyl groups excluding tert-OH is 1.